The van der Waals surface area contributed by atoms with Crippen molar-refractivity contribution in [1.82, 2.24) is 0 Å². The molecule has 0 bridgehead atoms. The van der Waals surface area contributed by atoms with Crippen LogP contribution in [0.25, 0.3) is 27.6 Å². The first-order valence-corrected chi connectivity index (χ1v) is 17.9. The first-order chi connectivity index (χ1) is 15.3. The van der Waals surface area contributed by atoms with Crippen LogP contribution in [-0.2, 0) is 35.4 Å². The Hall–Kier alpha value is -1.07. The predicted octanol–water partition coefficient (Wildman–Crippen LogP) is 0.165. The van der Waals surface area contributed by atoms with Gasteiger partial charge in [-0.3, -0.25) is 0 Å². The van der Waals surface area contributed by atoms with Crippen molar-refractivity contribution in [3.63, 3.8) is 0 Å². The quantitative estimate of drug-likeness (QED) is 0.181. The van der Waals surface area contributed by atoms with E-state index in [-0.39, 0.29) is 56.9 Å². The van der Waals surface area contributed by atoms with Crippen molar-refractivity contribution in [2.75, 3.05) is 6.79 Å². The zero-order valence-corrected chi connectivity index (χ0v) is 26.7. The second-order valence-corrected chi connectivity index (χ2v) is 19.5. The summed E-state index contributed by atoms with van der Waals surface area (Å²) >= 11 is 0. The maximum absolute atomic E-state index is 6.39. The summed E-state index contributed by atoms with van der Waals surface area (Å²) in [5.74, 6) is 1.17. The Bertz CT molecular complexity index is 1440. The third-order valence-electron chi connectivity index (χ3n) is 7.09. The van der Waals surface area contributed by atoms with Gasteiger partial charge in [0.1, 0.15) is 13.8 Å². The summed E-state index contributed by atoms with van der Waals surface area (Å²) in [6, 6.07) is 22.4. The molecule has 7 heteroatoms. The summed E-state index contributed by atoms with van der Waals surface area (Å²) in [7, 11) is -3.16. The Labute approximate surface area is 241 Å². The average molecular weight is 616 g/mol. The molecule has 0 N–H and O–H groups in total. The fourth-order valence-electron chi connectivity index (χ4n) is 5.43. The number of halogens is 2. The molecule has 2 aliphatic rings. The Morgan fingerprint density at radius 3 is 2.37 bits per heavy atom. The van der Waals surface area contributed by atoms with Crippen molar-refractivity contribution in [3.8, 4) is 0 Å². The Morgan fingerprint density at radius 2 is 1.63 bits per heavy atom. The van der Waals surface area contributed by atoms with Crippen molar-refractivity contribution in [1.29, 1.82) is 0 Å². The van der Waals surface area contributed by atoms with Gasteiger partial charge >= 0.3 is 26.2 Å². The summed E-state index contributed by atoms with van der Waals surface area (Å²) in [5.41, 5.74) is 4.10. The molecule has 1 unspecified atom stereocenters. The van der Waals surface area contributed by atoms with Crippen LogP contribution in [0.1, 0.15) is 22.6 Å². The van der Waals surface area contributed by atoms with Gasteiger partial charge in [0, 0.05) is 5.92 Å². The van der Waals surface area contributed by atoms with Crippen molar-refractivity contribution < 1.29 is 60.2 Å². The van der Waals surface area contributed by atoms with Gasteiger partial charge in [-0.05, 0) is 36.8 Å². The van der Waals surface area contributed by atoms with Gasteiger partial charge in [-0.2, -0.15) is 0 Å². The van der Waals surface area contributed by atoms with Crippen LogP contribution in [0.15, 0.2) is 66.4 Å². The molecule has 0 spiro atoms. The van der Waals surface area contributed by atoms with Crippen LogP contribution in [0.5, 0.6) is 0 Å². The Morgan fingerprint density at radius 1 is 0.943 bits per heavy atom. The molecular formula is C28H29Cl2O2Si2Zr. The molecule has 2 nitrogen and oxygen atoms in total. The molecule has 0 aromatic heterocycles. The van der Waals surface area contributed by atoms with E-state index in [1.807, 2.05) is 0 Å². The minimum absolute atomic E-state index is 0. The van der Waals surface area contributed by atoms with Crippen LogP contribution in [-0.4, -0.2) is 23.2 Å². The molecule has 1 aliphatic heterocycles. The summed E-state index contributed by atoms with van der Waals surface area (Å²) in [6.07, 6.45) is 2.23. The summed E-state index contributed by atoms with van der Waals surface area (Å²) in [5, 5.41) is 8.72. The van der Waals surface area contributed by atoms with Gasteiger partial charge in [0.2, 0.25) is 0 Å². The van der Waals surface area contributed by atoms with E-state index < -0.39 is 16.4 Å². The number of fused-ring (bicyclic) bond motifs is 5. The molecule has 1 heterocycles. The van der Waals surface area contributed by atoms with E-state index in [1.54, 1.807) is 10.4 Å². The first-order valence-electron chi connectivity index (χ1n) is 11.5. The second kappa shape index (κ2) is 10.0. The molecule has 4 aromatic rings. The van der Waals surface area contributed by atoms with E-state index >= 15 is 0 Å². The fourth-order valence-corrected chi connectivity index (χ4v) is 9.25. The third-order valence-corrected chi connectivity index (χ3v) is 11.4. The maximum Gasteiger partial charge on any atom is 3.00 e. The smallest absolute Gasteiger partial charge is 1.00 e. The number of hydrogen-bond donors (Lipinski definition) is 0. The molecule has 0 saturated heterocycles. The topological polar surface area (TPSA) is 18.5 Å². The molecule has 179 valence electrons. The van der Waals surface area contributed by atoms with E-state index in [4.69, 9.17) is 9.16 Å². The molecule has 0 fully saturated rings. The van der Waals surface area contributed by atoms with Crippen molar-refractivity contribution in [3.05, 3.63) is 83.1 Å². The van der Waals surface area contributed by atoms with Gasteiger partial charge in [0.25, 0.3) is 0 Å². The van der Waals surface area contributed by atoms with Crippen LogP contribution in [0.2, 0.25) is 32.7 Å². The third kappa shape index (κ3) is 4.69. The number of benzene rings is 3. The van der Waals surface area contributed by atoms with Gasteiger partial charge < -0.3 is 34.0 Å². The Balaban J connectivity index is 0.00000114. The first kappa shape index (κ1) is 28.5. The predicted molar refractivity (Wildman–Crippen MR) is 140 cm³/mol. The maximum atomic E-state index is 6.39. The molecule has 35 heavy (non-hydrogen) atoms. The molecule has 6 rings (SSSR count). The van der Waals surface area contributed by atoms with Crippen molar-refractivity contribution in [2.45, 2.75) is 38.7 Å². The van der Waals surface area contributed by atoms with Crippen LogP contribution in [0, 0.1) is 0 Å². The van der Waals surface area contributed by atoms with E-state index in [2.05, 4.69) is 99.5 Å². The number of allylic oxidation sites excluding steroid dienone is 1. The van der Waals surface area contributed by atoms with E-state index in [0.29, 0.717) is 6.79 Å². The van der Waals surface area contributed by atoms with Gasteiger partial charge in [-0.15, -0.1) is 33.7 Å². The van der Waals surface area contributed by atoms with Crippen LogP contribution in [0.3, 0.4) is 0 Å². The zero-order valence-electron chi connectivity index (χ0n) is 20.7. The largest absolute Gasteiger partial charge is 3.00 e. The SMILES string of the molecule is C[Si](C)(C)OCOC1=Cc2ccccc2C1c1c2c(cc3c1[cH-]c1ccccc13)[Si]2(C)C.[Cl-].[Cl-].[Zr+3]. The molecular weight excluding hydrogens is 587 g/mol. The second-order valence-electron chi connectivity index (χ2n) is 10.7. The van der Waals surface area contributed by atoms with Crippen molar-refractivity contribution >= 4 is 54.4 Å². The normalized spacial score (nSPS) is 16.9. The van der Waals surface area contributed by atoms with E-state index in [0.717, 1.165) is 5.76 Å². The molecule has 1 radical (unpaired) electrons. The van der Waals surface area contributed by atoms with E-state index in [9.17, 15) is 0 Å². The van der Waals surface area contributed by atoms with Crippen LogP contribution < -0.4 is 35.2 Å². The summed E-state index contributed by atoms with van der Waals surface area (Å²) in [6.45, 7) is 11.9. The molecule has 4 aromatic carbocycles. The number of rotatable bonds is 5. The standard InChI is InChI=1S/C28H29O2Si2.2ClH.Zr/c1-31(2,3)30-17-29-24-15-19-11-7-9-13-21(19)26(24)27-23-14-18-10-6-8-12-20(18)22(23)16-25-28(27)32(25,4)5;;;/h6-16,26H,17H2,1-5H3;2*1H;/q-1;;;+3/p-2. The van der Waals surface area contributed by atoms with Gasteiger partial charge in [-0.1, -0.05) is 77.6 Å². The molecule has 0 amide bonds. The monoisotopic (exact) mass is 613 g/mol. The fraction of sp³-hybridized carbons (Fsp3) is 0.250. The van der Waals surface area contributed by atoms with Crippen molar-refractivity contribution in [2.24, 2.45) is 0 Å². The molecule has 1 aliphatic carbocycles. The van der Waals surface area contributed by atoms with E-state index in [1.165, 1.54) is 38.2 Å². The van der Waals surface area contributed by atoms with Gasteiger partial charge in [-0.25, -0.2) is 0 Å². The number of hydrogen-bond acceptors (Lipinski definition) is 2. The summed E-state index contributed by atoms with van der Waals surface area (Å²) in [4.78, 5) is 0. The molecule has 0 saturated carbocycles. The zero-order chi connectivity index (χ0) is 22.3. The van der Waals surface area contributed by atoms with Crippen LogP contribution in [0.4, 0.5) is 0 Å². The average Bonchev–Trinajstić information content (AvgIpc) is 3.05. The van der Waals surface area contributed by atoms with Gasteiger partial charge in [0.05, 0.1) is 0 Å². The molecule has 1 atom stereocenters. The van der Waals surface area contributed by atoms with Crippen LogP contribution >= 0.6 is 0 Å². The summed E-state index contributed by atoms with van der Waals surface area (Å²) < 4.78 is 12.5. The minimum Gasteiger partial charge on any atom is -1.00 e. The van der Waals surface area contributed by atoms with Gasteiger partial charge in [0.15, 0.2) is 15.1 Å². The number of ether oxygens (including phenoxy) is 1. The Kier molecular flexibility index (Phi) is 8.14. The minimum atomic E-state index is -1.65.